The van der Waals surface area contributed by atoms with Crippen LogP contribution in [0.4, 0.5) is 11.4 Å². The Morgan fingerprint density at radius 2 is 2.00 bits per heavy atom. The standard InChI is InChI=1S/C18H17N3O4S/c19-18(23)13-7-8-16(15(10-13)21(24)25)26-11-17(22)20-9-3-5-12-4-1-2-6-14(12)20/h1-2,4,6-8,10H,3,5,9,11H2,(H2,19,23). The summed E-state index contributed by atoms with van der Waals surface area (Å²) in [6.45, 7) is 0.638. The zero-order valence-electron chi connectivity index (χ0n) is 13.9. The Hall–Kier alpha value is -2.87. The number of nitrogens with two attached hydrogens (primary N) is 1. The molecule has 3 rings (SSSR count). The largest absolute Gasteiger partial charge is 0.366 e. The number of para-hydroxylation sites is 1. The predicted molar refractivity (Wildman–Crippen MR) is 99.5 cm³/mol. The van der Waals surface area contributed by atoms with E-state index in [9.17, 15) is 19.7 Å². The van der Waals surface area contributed by atoms with Gasteiger partial charge >= 0.3 is 0 Å². The fourth-order valence-electron chi connectivity index (χ4n) is 2.95. The number of nitro benzene ring substituents is 1. The number of anilines is 1. The van der Waals surface area contributed by atoms with Gasteiger partial charge < -0.3 is 10.6 Å². The molecule has 0 bridgehead atoms. The van der Waals surface area contributed by atoms with E-state index in [1.165, 1.54) is 12.1 Å². The number of rotatable bonds is 5. The van der Waals surface area contributed by atoms with Crippen LogP contribution < -0.4 is 10.6 Å². The van der Waals surface area contributed by atoms with Crippen molar-refractivity contribution in [1.29, 1.82) is 0 Å². The van der Waals surface area contributed by atoms with Crippen molar-refractivity contribution in [2.75, 3.05) is 17.2 Å². The molecule has 0 unspecified atom stereocenters. The quantitative estimate of drug-likeness (QED) is 0.494. The SMILES string of the molecule is NC(=O)c1ccc(SCC(=O)N2CCCc3ccccc32)c([N+](=O)[O-])c1. The van der Waals surface area contributed by atoms with Gasteiger partial charge in [0, 0.05) is 23.9 Å². The summed E-state index contributed by atoms with van der Waals surface area (Å²) in [5.74, 6) is -0.758. The van der Waals surface area contributed by atoms with Gasteiger partial charge in [-0.25, -0.2) is 0 Å². The zero-order valence-corrected chi connectivity index (χ0v) is 14.7. The minimum Gasteiger partial charge on any atom is -0.366 e. The third-order valence-corrected chi connectivity index (χ3v) is 5.25. The van der Waals surface area contributed by atoms with Crippen molar-refractivity contribution < 1.29 is 14.5 Å². The van der Waals surface area contributed by atoms with Crippen LogP contribution in [0, 0.1) is 10.1 Å². The number of carbonyl (C=O) groups excluding carboxylic acids is 2. The Morgan fingerprint density at radius 3 is 2.73 bits per heavy atom. The summed E-state index contributed by atoms with van der Waals surface area (Å²) in [5, 5.41) is 11.3. The van der Waals surface area contributed by atoms with Crippen molar-refractivity contribution in [2.45, 2.75) is 17.7 Å². The Kier molecular flexibility index (Phi) is 5.22. The van der Waals surface area contributed by atoms with Gasteiger partial charge in [0.1, 0.15) is 0 Å². The number of aryl methyl sites for hydroxylation is 1. The number of amides is 2. The van der Waals surface area contributed by atoms with Crippen LogP contribution in [-0.4, -0.2) is 29.0 Å². The number of nitrogens with zero attached hydrogens (tertiary/aromatic N) is 2. The average Bonchev–Trinajstić information content (AvgIpc) is 2.65. The van der Waals surface area contributed by atoms with Crippen LogP contribution in [0.15, 0.2) is 47.4 Å². The third kappa shape index (κ3) is 3.70. The molecule has 2 aromatic carbocycles. The molecule has 0 saturated heterocycles. The van der Waals surface area contributed by atoms with Crippen LogP contribution >= 0.6 is 11.8 Å². The molecule has 0 spiro atoms. The minimum absolute atomic E-state index is 0.0670. The highest BCUT2D eigenvalue weighted by Crippen LogP contribution is 2.32. The molecule has 26 heavy (non-hydrogen) atoms. The maximum atomic E-state index is 12.7. The summed E-state index contributed by atoms with van der Waals surface area (Å²) < 4.78 is 0. The van der Waals surface area contributed by atoms with E-state index in [0.717, 1.165) is 41.9 Å². The Balaban J connectivity index is 1.76. The Bertz CT molecular complexity index is 884. The van der Waals surface area contributed by atoms with Gasteiger partial charge in [-0.2, -0.15) is 0 Å². The maximum absolute atomic E-state index is 12.7. The van der Waals surface area contributed by atoms with Gasteiger partial charge in [0.2, 0.25) is 11.8 Å². The monoisotopic (exact) mass is 371 g/mol. The summed E-state index contributed by atoms with van der Waals surface area (Å²) in [5.41, 5.74) is 7.05. The van der Waals surface area contributed by atoms with Crippen molar-refractivity contribution >= 4 is 35.0 Å². The fourth-order valence-corrected chi connectivity index (χ4v) is 3.83. The lowest BCUT2D eigenvalue weighted by atomic mass is 10.0. The molecular formula is C18H17N3O4S. The number of hydrogen-bond acceptors (Lipinski definition) is 5. The first kappa shape index (κ1) is 17.9. The number of nitro groups is 1. The molecule has 0 fully saturated rings. The van der Waals surface area contributed by atoms with Gasteiger partial charge in [0.05, 0.1) is 15.6 Å². The van der Waals surface area contributed by atoms with Crippen LogP contribution in [0.2, 0.25) is 0 Å². The lowest BCUT2D eigenvalue weighted by molar-refractivity contribution is -0.387. The molecule has 0 atom stereocenters. The lowest BCUT2D eigenvalue weighted by Crippen LogP contribution is -2.36. The van der Waals surface area contributed by atoms with Gasteiger partial charge in [0.15, 0.2) is 0 Å². The highest BCUT2D eigenvalue weighted by atomic mass is 32.2. The second-order valence-corrected chi connectivity index (χ2v) is 6.89. The van der Waals surface area contributed by atoms with Crippen LogP contribution in [0.3, 0.4) is 0 Å². The first-order valence-electron chi connectivity index (χ1n) is 8.06. The van der Waals surface area contributed by atoms with Gasteiger partial charge in [-0.15, -0.1) is 11.8 Å². The van der Waals surface area contributed by atoms with E-state index >= 15 is 0 Å². The predicted octanol–water partition coefficient (Wildman–Crippen LogP) is 2.77. The van der Waals surface area contributed by atoms with Gasteiger partial charge in [0.25, 0.3) is 5.69 Å². The highest BCUT2D eigenvalue weighted by Gasteiger charge is 2.24. The normalized spacial score (nSPS) is 13.2. The number of hydrogen-bond donors (Lipinski definition) is 1. The molecule has 2 amide bonds. The molecule has 0 aromatic heterocycles. The second kappa shape index (κ2) is 7.57. The third-order valence-electron chi connectivity index (χ3n) is 4.20. The molecule has 0 aliphatic carbocycles. The first-order valence-corrected chi connectivity index (χ1v) is 9.05. The van der Waals surface area contributed by atoms with E-state index in [2.05, 4.69) is 0 Å². The fraction of sp³-hybridized carbons (Fsp3) is 0.222. The molecule has 1 heterocycles. The number of benzene rings is 2. The molecule has 0 saturated carbocycles. The zero-order chi connectivity index (χ0) is 18.7. The number of primary amides is 1. The number of thioether (sulfide) groups is 1. The molecule has 2 N–H and O–H groups in total. The minimum atomic E-state index is -0.731. The van der Waals surface area contributed by atoms with E-state index in [-0.39, 0.29) is 22.9 Å². The van der Waals surface area contributed by atoms with E-state index in [1.807, 2.05) is 24.3 Å². The first-order chi connectivity index (χ1) is 12.5. The highest BCUT2D eigenvalue weighted by molar-refractivity contribution is 8.00. The topological polar surface area (TPSA) is 107 Å². The van der Waals surface area contributed by atoms with Crippen molar-refractivity contribution in [3.63, 3.8) is 0 Å². The lowest BCUT2D eigenvalue weighted by Gasteiger charge is -2.29. The molecule has 8 heteroatoms. The summed E-state index contributed by atoms with van der Waals surface area (Å²) in [4.78, 5) is 36.6. The second-order valence-electron chi connectivity index (χ2n) is 5.87. The van der Waals surface area contributed by atoms with Gasteiger partial charge in [-0.1, -0.05) is 18.2 Å². The molecule has 1 aliphatic heterocycles. The number of carbonyl (C=O) groups is 2. The van der Waals surface area contributed by atoms with Crippen LogP contribution in [-0.2, 0) is 11.2 Å². The van der Waals surface area contributed by atoms with Crippen molar-refractivity contribution in [1.82, 2.24) is 0 Å². The van der Waals surface area contributed by atoms with E-state index in [1.54, 1.807) is 4.90 Å². The van der Waals surface area contributed by atoms with E-state index in [0.29, 0.717) is 11.4 Å². The molecule has 134 valence electrons. The molecule has 2 aromatic rings. The molecule has 1 aliphatic rings. The van der Waals surface area contributed by atoms with Gasteiger partial charge in [-0.05, 0) is 36.6 Å². The maximum Gasteiger partial charge on any atom is 0.283 e. The summed E-state index contributed by atoms with van der Waals surface area (Å²) in [6.07, 6.45) is 1.83. The Morgan fingerprint density at radius 1 is 1.23 bits per heavy atom. The molecular weight excluding hydrogens is 354 g/mol. The van der Waals surface area contributed by atoms with Crippen LogP contribution in [0.1, 0.15) is 22.3 Å². The smallest absolute Gasteiger partial charge is 0.283 e. The van der Waals surface area contributed by atoms with Crippen LogP contribution in [0.25, 0.3) is 0 Å². The molecule has 7 nitrogen and oxygen atoms in total. The molecule has 0 radical (unpaired) electrons. The average molecular weight is 371 g/mol. The van der Waals surface area contributed by atoms with E-state index in [4.69, 9.17) is 5.73 Å². The van der Waals surface area contributed by atoms with Crippen LogP contribution in [0.5, 0.6) is 0 Å². The summed E-state index contributed by atoms with van der Waals surface area (Å²) in [7, 11) is 0. The van der Waals surface area contributed by atoms with Crippen molar-refractivity contribution in [3.8, 4) is 0 Å². The van der Waals surface area contributed by atoms with Gasteiger partial charge in [-0.3, -0.25) is 19.7 Å². The number of fused-ring (bicyclic) bond motifs is 1. The van der Waals surface area contributed by atoms with E-state index < -0.39 is 10.8 Å². The Labute approximate surface area is 154 Å². The summed E-state index contributed by atoms with van der Waals surface area (Å²) in [6, 6.07) is 11.8. The summed E-state index contributed by atoms with van der Waals surface area (Å²) >= 11 is 1.09. The van der Waals surface area contributed by atoms with Crippen molar-refractivity contribution in [2.24, 2.45) is 5.73 Å². The van der Waals surface area contributed by atoms with Crippen molar-refractivity contribution in [3.05, 3.63) is 63.7 Å².